The fourth-order valence-electron chi connectivity index (χ4n) is 13.5. The van der Waals surface area contributed by atoms with Gasteiger partial charge in [0.2, 0.25) is 0 Å². The monoisotopic (exact) mass is 1130 g/mol. The topological polar surface area (TPSA) is 0 Å². The van der Waals surface area contributed by atoms with Crippen LogP contribution in [0.1, 0.15) is 224 Å². The molecule has 0 heterocycles. The van der Waals surface area contributed by atoms with Crippen LogP contribution in [0.25, 0.3) is 0 Å². The summed E-state index contributed by atoms with van der Waals surface area (Å²) in [6.07, 6.45) is 47.7. The molecular weight excluding hydrogens is 1020 g/mol. The van der Waals surface area contributed by atoms with Gasteiger partial charge in [-0.15, -0.1) is 0 Å². The summed E-state index contributed by atoms with van der Waals surface area (Å²) in [5, 5.41) is 0. The van der Waals surface area contributed by atoms with E-state index in [0.717, 1.165) is 0 Å². The zero-order valence-corrected chi connectivity index (χ0v) is 53.2. The van der Waals surface area contributed by atoms with Gasteiger partial charge in [-0.3, -0.25) is 0 Å². The van der Waals surface area contributed by atoms with Gasteiger partial charge in [-0.2, -0.15) is 0 Å². The molecule has 448 valence electrons. The minimum absolute atomic E-state index is 1.30. The van der Waals surface area contributed by atoms with E-state index in [9.17, 15) is 0 Å². The van der Waals surface area contributed by atoms with Gasteiger partial charge in [-0.05, 0) is 263 Å². The van der Waals surface area contributed by atoms with E-state index < -0.39 is 0 Å². The standard InChI is InChI=1S/C14H20.C13H18.C12H16.C11H14.C10H12.C9H10.C8H8.C8H10/c1-2-4-6-10-14-12-8-7-11-13(14)9-5-3-1;1-2-4-8-12-10-6-7-11-13(12)9-5-3-1;1-2-4-8-12-10-6-5-9-11(12)7-3-1;1-2-6-10-8-4-5-9-11(10)7-3-1;1-2-6-10-8-4-3-7-9(10)5-1;1-2-5-9-7-3-6-8(9)4-1;1-2-4-8-6-5-7(8)3-1;1-7-5-3-4-6-8(7)2/h7-8,11-12H,1-6,9-10H2;6-7,10-11H,1-5,8-9H2;5-6,9-10H,1-4,7-8H2;4-5,8-9H,1-3,6-7H2;1-2,5-6H,3-4,7-8H2;1-2,4-5H,3,6-7H2;1-4H,5-6H2;3-6H,1-2H3. The van der Waals surface area contributed by atoms with Crippen molar-refractivity contribution in [2.45, 2.75) is 239 Å². The molecule has 0 atom stereocenters. The Kier molecular flexibility index (Phi) is 29.5. The minimum atomic E-state index is 1.30. The summed E-state index contributed by atoms with van der Waals surface area (Å²) in [5.74, 6) is 0. The van der Waals surface area contributed by atoms with Crippen molar-refractivity contribution < 1.29 is 0 Å². The Morgan fingerprint density at radius 2 is 0.247 bits per heavy atom. The van der Waals surface area contributed by atoms with Crippen molar-refractivity contribution in [1.82, 2.24) is 0 Å². The fraction of sp³-hybridized carbons (Fsp3) is 0.435. The third-order valence-electron chi connectivity index (χ3n) is 19.0. The third-order valence-corrected chi connectivity index (χ3v) is 19.0. The Morgan fingerprint density at radius 1 is 0.129 bits per heavy atom. The highest BCUT2D eigenvalue weighted by atomic mass is 14.2. The van der Waals surface area contributed by atoms with Gasteiger partial charge < -0.3 is 0 Å². The summed E-state index contributed by atoms with van der Waals surface area (Å²) >= 11 is 0. The van der Waals surface area contributed by atoms with Gasteiger partial charge in [0, 0.05) is 0 Å². The molecule has 0 saturated heterocycles. The van der Waals surface area contributed by atoms with Crippen LogP contribution in [0, 0.1) is 13.8 Å². The maximum atomic E-state index is 2.32. The third kappa shape index (κ3) is 23.5. The van der Waals surface area contributed by atoms with Gasteiger partial charge in [-0.25, -0.2) is 0 Å². The predicted molar refractivity (Wildman–Crippen MR) is 370 cm³/mol. The number of benzene rings is 8. The van der Waals surface area contributed by atoms with E-state index in [0.29, 0.717) is 0 Å². The van der Waals surface area contributed by atoms with Crippen molar-refractivity contribution >= 4 is 0 Å². The van der Waals surface area contributed by atoms with Crippen LogP contribution in [-0.2, 0) is 89.9 Å². The molecule has 8 aromatic rings. The first-order chi connectivity index (χ1) is 42.1. The SMILES string of the molecule is Cc1ccccc1C.c1ccc2c(c1)CC2.c1ccc2c(c1)CCC2.c1ccc2c(c1)CCCC2.c1ccc2c(c1)CCCCC2.c1ccc2c(c1)CCCCCC2.c1ccc2c(c1)CCCCCCC2.c1ccc2c(c1)CCCCCCCC2. The molecule has 15 rings (SSSR count). The summed E-state index contributed by atoms with van der Waals surface area (Å²) in [4.78, 5) is 0. The minimum Gasteiger partial charge on any atom is -0.0620 e. The van der Waals surface area contributed by atoms with E-state index >= 15 is 0 Å². The molecule has 0 unspecified atom stereocenters. The van der Waals surface area contributed by atoms with Gasteiger partial charge >= 0.3 is 0 Å². The van der Waals surface area contributed by atoms with Crippen LogP contribution in [0.2, 0.25) is 0 Å². The average molecular weight is 1130 g/mol. The number of hydrogen-bond acceptors (Lipinski definition) is 0. The molecule has 0 bridgehead atoms. The highest BCUT2D eigenvalue weighted by Gasteiger charge is 2.12. The lowest BCUT2D eigenvalue weighted by atomic mass is 9.89. The molecule has 7 aliphatic carbocycles. The molecule has 0 fully saturated rings. The number of rotatable bonds is 0. The van der Waals surface area contributed by atoms with Gasteiger partial charge in [0.05, 0.1) is 0 Å². The quantitative estimate of drug-likeness (QED) is 0.133. The maximum absolute atomic E-state index is 2.32. The Morgan fingerprint density at radius 3 is 0.400 bits per heavy atom. The fourth-order valence-corrected chi connectivity index (χ4v) is 13.5. The predicted octanol–water partition coefficient (Wildman–Crippen LogP) is 23.0. The highest BCUT2D eigenvalue weighted by molar-refractivity contribution is 5.36. The lowest BCUT2D eigenvalue weighted by molar-refractivity contribution is 0.581. The zero-order valence-electron chi connectivity index (χ0n) is 53.2. The molecule has 0 amide bonds. The van der Waals surface area contributed by atoms with Gasteiger partial charge in [0.15, 0.2) is 0 Å². The van der Waals surface area contributed by atoms with Crippen LogP contribution in [-0.4, -0.2) is 0 Å². The summed E-state index contributed by atoms with van der Waals surface area (Å²) < 4.78 is 0. The van der Waals surface area contributed by atoms with Crippen LogP contribution in [0.15, 0.2) is 194 Å². The second kappa shape index (κ2) is 38.7. The first-order valence-corrected chi connectivity index (χ1v) is 34.6. The van der Waals surface area contributed by atoms with Crippen molar-refractivity contribution in [2.24, 2.45) is 0 Å². The van der Waals surface area contributed by atoms with Crippen molar-refractivity contribution in [1.29, 1.82) is 0 Å². The van der Waals surface area contributed by atoms with Crippen LogP contribution < -0.4 is 0 Å². The van der Waals surface area contributed by atoms with E-state index in [1.807, 2.05) is 0 Å². The molecule has 0 heteroatoms. The Labute approximate surface area is 518 Å². The van der Waals surface area contributed by atoms with Crippen LogP contribution in [0.5, 0.6) is 0 Å². The molecule has 0 spiro atoms. The molecule has 0 aliphatic heterocycles. The molecule has 0 aromatic heterocycles. The summed E-state index contributed by atoms with van der Waals surface area (Å²) in [5.41, 5.74) is 24.9. The largest absolute Gasteiger partial charge is 0.0620 e. The van der Waals surface area contributed by atoms with Gasteiger partial charge in [0.1, 0.15) is 0 Å². The number of aryl methyl sites for hydroxylation is 16. The molecule has 0 nitrogen and oxygen atoms in total. The number of hydrogen-bond donors (Lipinski definition) is 0. The van der Waals surface area contributed by atoms with Crippen molar-refractivity contribution in [2.75, 3.05) is 0 Å². The Hall–Kier alpha value is -6.24. The van der Waals surface area contributed by atoms with Crippen molar-refractivity contribution in [3.8, 4) is 0 Å². The molecule has 8 aromatic carbocycles. The van der Waals surface area contributed by atoms with E-state index in [-0.39, 0.29) is 0 Å². The molecule has 0 radical (unpaired) electrons. The van der Waals surface area contributed by atoms with Gasteiger partial charge in [0.25, 0.3) is 0 Å². The number of fused-ring (bicyclic) bond motifs is 7. The lowest BCUT2D eigenvalue weighted by Gasteiger charge is -2.16. The van der Waals surface area contributed by atoms with Crippen LogP contribution in [0.3, 0.4) is 0 Å². The maximum Gasteiger partial charge on any atom is -0.0235 e. The average Bonchev–Trinajstić information content (AvgIpc) is 4.13. The molecule has 85 heavy (non-hydrogen) atoms. The summed E-state index contributed by atoms with van der Waals surface area (Å²) in [6, 6.07) is 70.3. The van der Waals surface area contributed by atoms with E-state index in [4.69, 9.17) is 0 Å². The highest BCUT2D eigenvalue weighted by Crippen LogP contribution is 2.25. The normalized spacial score (nSPS) is 16.4. The summed E-state index contributed by atoms with van der Waals surface area (Å²) in [7, 11) is 0. The van der Waals surface area contributed by atoms with Crippen molar-refractivity contribution in [3.05, 3.63) is 283 Å². The molecular formula is C85H108. The second-order valence-electron chi connectivity index (χ2n) is 25.4. The summed E-state index contributed by atoms with van der Waals surface area (Å²) in [6.45, 7) is 4.24. The van der Waals surface area contributed by atoms with Crippen molar-refractivity contribution in [3.63, 3.8) is 0 Å². The molecule has 0 saturated carbocycles. The molecule has 7 aliphatic rings. The first kappa shape index (κ1) is 64.8. The first-order valence-electron chi connectivity index (χ1n) is 34.6. The van der Waals surface area contributed by atoms with E-state index in [1.165, 1.54) is 236 Å². The van der Waals surface area contributed by atoms with E-state index in [1.54, 1.807) is 77.9 Å². The molecule has 0 N–H and O–H groups in total. The van der Waals surface area contributed by atoms with Crippen LogP contribution >= 0.6 is 0 Å². The van der Waals surface area contributed by atoms with E-state index in [2.05, 4.69) is 208 Å². The Bertz CT molecular complexity index is 2860. The second-order valence-corrected chi connectivity index (χ2v) is 25.4. The van der Waals surface area contributed by atoms with Gasteiger partial charge in [-0.1, -0.05) is 258 Å². The lowest BCUT2D eigenvalue weighted by Crippen LogP contribution is -2.06. The Balaban J connectivity index is 0.000000127. The smallest absolute Gasteiger partial charge is 0.0235 e. The van der Waals surface area contributed by atoms with Crippen LogP contribution in [0.4, 0.5) is 0 Å². The zero-order chi connectivity index (χ0) is 58.6.